The van der Waals surface area contributed by atoms with Gasteiger partial charge in [0.2, 0.25) is 5.91 Å². The third kappa shape index (κ3) is 4.64. The normalized spacial score (nSPS) is 24.6. The fraction of sp³-hybridized carbons (Fsp3) is 0.435. The average Bonchev–Trinajstić information content (AvgIpc) is 3.47. The number of carbonyl (C=O) groups is 2. The van der Waals surface area contributed by atoms with Gasteiger partial charge >= 0.3 is 0 Å². The molecule has 3 aromatic rings. The van der Waals surface area contributed by atoms with Crippen LogP contribution in [0, 0.1) is 0 Å². The van der Waals surface area contributed by atoms with Crippen LogP contribution in [0.4, 0.5) is 5.82 Å². The van der Waals surface area contributed by atoms with Gasteiger partial charge in [0.1, 0.15) is 18.5 Å². The van der Waals surface area contributed by atoms with E-state index in [1.165, 1.54) is 12.7 Å². The van der Waals surface area contributed by atoms with Gasteiger partial charge in [-0.3, -0.25) is 14.2 Å². The molecule has 190 valence electrons. The van der Waals surface area contributed by atoms with Gasteiger partial charge in [-0.15, -0.1) is 0 Å². The van der Waals surface area contributed by atoms with Crippen LogP contribution in [0.2, 0.25) is 10.0 Å². The Balaban J connectivity index is 1.41. The molecule has 0 bridgehead atoms. The summed E-state index contributed by atoms with van der Waals surface area (Å²) in [7, 11) is 0. The summed E-state index contributed by atoms with van der Waals surface area (Å²) in [6.07, 6.45) is 0.0530. The number of rotatable bonds is 6. The quantitative estimate of drug-likeness (QED) is 0.493. The molecule has 2 aromatic heterocycles. The fourth-order valence-corrected chi connectivity index (χ4v) is 4.91. The number of hydrogen-bond donors (Lipinski definition) is 2. The Morgan fingerprint density at radius 2 is 1.92 bits per heavy atom. The number of likely N-dealkylation sites (N-methyl/N-ethyl adjacent to an activating group) is 1. The van der Waals surface area contributed by atoms with Crippen LogP contribution in [0.25, 0.3) is 11.2 Å². The summed E-state index contributed by atoms with van der Waals surface area (Å²) in [5.41, 5.74) is 1.38. The molecule has 2 amide bonds. The Kier molecular flexibility index (Phi) is 6.60. The predicted molar refractivity (Wildman–Crippen MR) is 131 cm³/mol. The summed E-state index contributed by atoms with van der Waals surface area (Å²) in [5, 5.41) is 6.42. The molecule has 2 aliphatic heterocycles. The van der Waals surface area contributed by atoms with E-state index in [1.54, 1.807) is 36.6 Å². The van der Waals surface area contributed by atoms with Crippen molar-refractivity contribution in [3.8, 4) is 0 Å². The molecule has 1 aromatic carbocycles. The van der Waals surface area contributed by atoms with Crippen molar-refractivity contribution in [3.05, 3.63) is 46.5 Å². The molecule has 0 radical (unpaired) electrons. The SMILES string of the molecule is CCNC(=O)[C@H]1O[C@@H](n2cnc3c(NC(=O)Cc4ccc(Cl)cc4Cl)ncnc32)[C@@H]2OC(C)(C)O[C@@H]21. The van der Waals surface area contributed by atoms with E-state index in [0.29, 0.717) is 33.3 Å². The third-order valence-electron chi connectivity index (χ3n) is 5.90. The highest BCUT2D eigenvalue weighted by molar-refractivity contribution is 6.35. The van der Waals surface area contributed by atoms with Crippen molar-refractivity contribution in [1.29, 1.82) is 0 Å². The van der Waals surface area contributed by atoms with Crippen LogP contribution < -0.4 is 10.6 Å². The van der Waals surface area contributed by atoms with Crippen LogP contribution in [0.15, 0.2) is 30.9 Å². The second-order valence-electron chi connectivity index (χ2n) is 8.91. The van der Waals surface area contributed by atoms with Crippen molar-refractivity contribution < 1.29 is 23.8 Å². The van der Waals surface area contributed by atoms with Gasteiger partial charge in [-0.2, -0.15) is 0 Å². The average molecular weight is 535 g/mol. The van der Waals surface area contributed by atoms with Gasteiger partial charge in [-0.05, 0) is 38.5 Å². The molecule has 0 unspecified atom stereocenters. The Morgan fingerprint density at radius 1 is 1.14 bits per heavy atom. The van der Waals surface area contributed by atoms with Crippen molar-refractivity contribution in [2.75, 3.05) is 11.9 Å². The van der Waals surface area contributed by atoms with E-state index < -0.39 is 30.3 Å². The van der Waals surface area contributed by atoms with Crippen LogP contribution in [-0.4, -0.2) is 62.0 Å². The Morgan fingerprint density at radius 3 is 2.67 bits per heavy atom. The number of nitrogens with zero attached hydrogens (tertiary/aromatic N) is 4. The monoisotopic (exact) mass is 534 g/mol. The minimum absolute atomic E-state index is 0.0200. The maximum Gasteiger partial charge on any atom is 0.252 e. The van der Waals surface area contributed by atoms with Crippen molar-refractivity contribution in [1.82, 2.24) is 24.8 Å². The molecule has 2 N–H and O–H groups in total. The molecule has 4 atom stereocenters. The van der Waals surface area contributed by atoms with E-state index in [0.717, 1.165) is 0 Å². The van der Waals surface area contributed by atoms with Crippen molar-refractivity contribution >= 4 is 52.0 Å². The molecular formula is C23H24Cl2N6O5. The zero-order valence-electron chi connectivity index (χ0n) is 19.7. The first-order chi connectivity index (χ1) is 17.2. The molecule has 2 aliphatic rings. The summed E-state index contributed by atoms with van der Waals surface area (Å²) >= 11 is 12.1. The largest absolute Gasteiger partial charge is 0.354 e. The molecule has 2 saturated heterocycles. The van der Waals surface area contributed by atoms with Gasteiger partial charge in [0.05, 0.1) is 12.7 Å². The van der Waals surface area contributed by atoms with E-state index in [9.17, 15) is 9.59 Å². The van der Waals surface area contributed by atoms with Gasteiger partial charge < -0.3 is 24.8 Å². The maximum atomic E-state index is 12.7. The first-order valence-corrected chi connectivity index (χ1v) is 12.1. The Bertz CT molecular complexity index is 1330. The highest BCUT2D eigenvalue weighted by atomic mass is 35.5. The van der Waals surface area contributed by atoms with Gasteiger partial charge in [-0.1, -0.05) is 29.3 Å². The molecule has 0 aliphatic carbocycles. The molecule has 11 nitrogen and oxygen atoms in total. The number of carbonyl (C=O) groups excluding carboxylic acids is 2. The number of ether oxygens (including phenoxy) is 3. The number of benzene rings is 1. The third-order valence-corrected chi connectivity index (χ3v) is 6.48. The Hall–Kier alpha value is -2.83. The maximum absolute atomic E-state index is 12.7. The highest BCUT2D eigenvalue weighted by Crippen LogP contribution is 2.44. The first kappa shape index (κ1) is 24.8. The van der Waals surface area contributed by atoms with E-state index in [2.05, 4.69) is 25.6 Å². The highest BCUT2D eigenvalue weighted by Gasteiger charge is 2.58. The molecule has 5 rings (SSSR count). The smallest absolute Gasteiger partial charge is 0.252 e. The van der Waals surface area contributed by atoms with Crippen LogP contribution >= 0.6 is 23.2 Å². The minimum Gasteiger partial charge on any atom is -0.354 e. The lowest BCUT2D eigenvalue weighted by Crippen LogP contribution is -2.42. The van der Waals surface area contributed by atoms with E-state index in [1.807, 2.05) is 6.92 Å². The number of halogens is 2. The minimum atomic E-state index is -0.893. The zero-order valence-corrected chi connectivity index (χ0v) is 21.2. The molecule has 4 heterocycles. The van der Waals surface area contributed by atoms with Crippen LogP contribution in [0.5, 0.6) is 0 Å². The van der Waals surface area contributed by atoms with Crippen LogP contribution in [0.3, 0.4) is 0 Å². The number of amides is 2. The predicted octanol–water partition coefficient (Wildman–Crippen LogP) is 2.87. The zero-order chi connectivity index (χ0) is 25.6. The first-order valence-electron chi connectivity index (χ1n) is 11.4. The topological polar surface area (TPSA) is 129 Å². The number of fused-ring (bicyclic) bond motifs is 2. The molecule has 0 spiro atoms. The van der Waals surface area contributed by atoms with Crippen molar-refractivity contribution in [3.63, 3.8) is 0 Å². The van der Waals surface area contributed by atoms with Gasteiger partial charge in [0, 0.05) is 16.6 Å². The summed E-state index contributed by atoms with van der Waals surface area (Å²) in [4.78, 5) is 38.3. The van der Waals surface area contributed by atoms with Gasteiger partial charge in [0.25, 0.3) is 5.91 Å². The number of nitrogens with one attached hydrogen (secondary N) is 2. The molecular weight excluding hydrogens is 511 g/mol. The van der Waals surface area contributed by atoms with E-state index >= 15 is 0 Å². The number of hydrogen-bond acceptors (Lipinski definition) is 8. The summed E-state index contributed by atoms with van der Waals surface area (Å²) in [6.45, 7) is 5.85. The molecule has 0 saturated carbocycles. The Labute approximate surface area is 216 Å². The second kappa shape index (κ2) is 9.56. The number of anilines is 1. The van der Waals surface area contributed by atoms with Gasteiger partial charge in [0.15, 0.2) is 35.1 Å². The van der Waals surface area contributed by atoms with Crippen molar-refractivity contribution in [2.24, 2.45) is 0 Å². The number of aromatic nitrogens is 4. The standard InChI is InChI=1S/C23H24Cl2N6O5/c1-4-26-21(33)17-16-18(36-23(2,3)35-16)22(34-17)31-10-29-15-19(27-9-28-20(15)31)30-14(32)7-11-5-6-12(24)8-13(11)25/h5-6,8-10,16-18,22H,4,7H2,1-3H3,(H,26,33)(H,27,28,30,32)/t16-,17+,18-,22-/m1/s1. The lowest BCUT2D eigenvalue weighted by molar-refractivity contribution is -0.197. The number of imidazole rings is 1. The summed E-state index contributed by atoms with van der Waals surface area (Å²) in [5.74, 6) is -1.29. The molecule has 36 heavy (non-hydrogen) atoms. The van der Waals surface area contributed by atoms with E-state index in [-0.39, 0.29) is 24.1 Å². The lowest BCUT2D eigenvalue weighted by atomic mass is 10.1. The summed E-state index contributed by atoms with van der Waals surface area (Å²) < 4.78 is 19.8. The lowest BCUT2D eigenvalue weighted by Gasteiger charge is -2.24. The van der Waals surface area contributed by atoms with Crippen molar-refractivity contribution in [2.45, 2.75) is 57.5 Å². The second-order valence-corrected chi connectivity index (χ2v) is 9.76. The van der Waals surface area contributed by atoms with Crippen LogP contribution in [-0.2, 0) is 30.2 Å². The molecule has 2 fully saturated rings. The van der Waals surface area contributed by atoms with E-state index in [4.69, 9.17) is 37.4 Å². The molecule has 13 heteroatoms. The summed E-state index contributed by atoms with van der Waals surface area (Å²) in [6, 6.07) is 4.94. The van der Waals surface area contributed by atoms with Gasteiger partial charge in [-0.25, -0.2) is 15.0 Å². The fourth-order valence-electron chi connectivity index (χ4n) is 4.43. The van der Waals surface area contributed by atoms with Crippen LogP contribution in [0.1, 0.15) is 32.6 Å².